The van der Waals surface area contributed by atoms with Crippen LogP contribution in [0.15, 0.2) is 30.3 Å². The quantitative estimate of drug-likeness (QED) is 0.367. The molecular formula is C22H28BrN3O4S. The summed E-state index contributed by atoms with van der Waals surface area (Å²) < 4.78 is -0.667. The lowest BCUT2D eigenvalue weighted by Crippen LogP contribution is -2.54. The van der Waals surface area contributed by atoms with E-state index in [1.54, 1.807) is 11.8 Å². The number of β-amino-alcohol motifs (C(OH)–C–C–N with tert-alkyl or cyclic N) is 1. The molecule has 3 N–H and O–H groups in total. The Labute approximate surface area is 194 Å². The third-order valence-electron chi connectivity index (χ3n) is 6.55. The Kier molecular flexibility index (Phi) is 6.65. The van der Waals surface area contributed by atoms with Crippen LogP contribution in [0.3, 0.4) is 0 Å². The molecule has 3 aliphatic heterocycles. The van der Waals surface area contributed by atoms with Crippen molar-refractivity contribution in [2.24, 2.45) is 11.8 Å². The van der Waals surface area contributed by atoms with Crippen molar-refractivity contribution in [2.45, 2.75) is 47.1 Å². The van der Waals surface area contributed by atoms with Crippen LogP contribution in [0.4, 0.5) is 5.69 Å². The smallest absolute Gasteiger partial charge is 0.244 e. The molecule has 3 unspecified atom stereocenters. The number of anilines is 1. The summed E-state index contributed by atoms with van der Waals surface area (Å²) in [6.07, 6.45) is 2.46. The summed E-state index contributed by atoms with van der Waals surface area (Å²) >= 11 is 5.33. The molecule has 2 bridgehead atoms. The number of aliphatic hydroxyl groups excluding tert-OH is 1. The van der Waals surface area contributed by atoms with Crippen molar-refractivity contribution >= 4 is 51.1 Å². The van der Waals surface area contributed by atoms with E-state index in [0.29, 0.717) is 18.7 Å². The second-order valence-corrected chi connectivity index (χ2v) is 11.1. The number of benzene rings is 1. The van der Waals surface area contributed by atoms with Gasteiger partial charge in [0.05, 0.1) is 23.2 Å². The molecule has 1 spiro atoms. The SMILES string of the molecule is CCCCNC(=O)C1N(CCO)C(=O)[C@@H]2[C@@H](C(=O)Nc3ccccc3)[C@@H]3SC12CC3Br. The van der Waals surface area contributed by atoms with E-state index in [2.05, 4.69) is 33.5 Å². The van der Waals surface area contributed by atoms with E-state index >= 15 is 0 Å². The number of hydrogen-bond acceptors (Lipinski definition) is 5. The third-order valence-corrected chi connectivity index (χ3v) is 9.77. The number of hydrogen-bond donors (Lipinski definition) is 3. The first-order chi connectivity index (χ1) is 14.9. The van der Waals surface area contributed by atoms with Crippen LogP contribution in [-0.2, 0) is 14.4 Å². The molecule has 0 saturated carbocycles. The molecule has 0 aromatic heterocycles. The van der Waals surface area contributed by atoms with E-state index in [9.17, 15) is 19.5 Å². The van der Waals surface area contributed by atoms with Crippen LogP contribution in [0.25, 0.3) is 0 Å². The lowest BCUT2D eigenvalue weighted by Gasteiger charge is -2.35. The Morgan fingerprint density at radius 2 is 2.03 bits per heavy atom. The van der Waals surface area contributed by atoms with Crippen LogP contribution >= 0.6 is 27.7 Å². The van der Waals surface area contributed by atoms with Crippen LogP contribution in [-0.4, -0.2) is 68.3 Å². The van der Waals surface area contributed by atoms with Crippen LogP contribution in [0, 0.1) is 11.8 Å². The van der Waals surface area contributed by atoms with Gasteiger partial charge in [0, 0.05) is 28.9 Å². The normalized spacial score (nSPS) is 33.5. The minimum atomic E-state index is -0.682. The molecule has 3 aliphatic rings. The number of para-hydroxylation sites is 1. The minimum Gasteiger partial charge on any atom is -0.395 e. The largest absolute Gasteiger partial charge is 0.395 e. The highest BCUT2D eigenvalue weighted by molar-refractivity contribution is 9.09. The molecule has 3 heterocycles. The summed E-state index contributed by atoms with van der Waals surface area (Å²) in [4.78, 5) is 41.6. The van der Waals surface area contributed by atoms with E-state index in [4.69, 9.17) is 0 Å². The molecule has 3 saturated heterocycles. The summed E-state index contributed by atoms with van der Waals surface area (Å²) in [6, 6.07) is 8.52. The summed E-state index contributed by atoms with van der Waals surface area (Å²) in [6.45, 7) is 2.48. The van der Waals surface area contributed by atoms with E-state index < -0.39 is 22.6 Å². The zero-order chi connectivity index (χ0) is 22.2. The maximum Gasteiger partial charge on any atom is 0.244 e. The van der Waals surface area contributed by atoms with E-state index in [1.165, 1.54) is 4.90 Å². The Morgan fingerprint density at radius 1 is 1.29 bits per heavy atom. The van der Waals surface area contributed by atoms with Gasteiger partial charge in [-0.25, -0.2) is 0 Å². The second kappa shape index (κ2) is 9.11. The maximum atomic E-state index is 13.5. The zero-order valence-electron chi connectivity index (χ0n) is 17.4. The van der Waals surface area contributed by atoms with Crippen LogP contribution < -0.4 is 10.6 Å². The molecule has 0 aliphatic carbocycles. The Morgan fingerprint density at radius 3 is 2.71 bits per heavy atom. The zero-order valence-corrected chi connectivity index (χ0v) is 19.8. The molecule has 31 heavy (non-hydrogen) atoms. The number of amides is 3. The summed E-state index contributed by atoms with van der Waals surface area (Å²) in [5.41, 5.74) is 0.687. The van der Waals surface area contributed by atoms with Crippen molar-refractivity contribution < 1.29 is 19.5 Å². The Bertz CT molecular complexity index is 856. The molecule has 168 valence electrons. The van der Waals surface area contributed by atoms with Crippen molar-refractivity contribution in [3.8, 4) is 0 Å². The number of alkyl halides is 1. The predicted molar refractivity (Wildman–Crippen MR) is 124 cm³/mol. The van der Waals surface area contributed by atoms with Gasteiger partial charge in [-0.15, -0.1) is 11.8 Å². The first kappa shape index (κ1) is 22.6. The van der Waals surface area contributed by atoms with Gasteiger partial charge in [0.2, 0.25) is 17.7 Å². The van der Waals surface area contributed by atoms with Crippen molar-refractivity contribution in [1.29, 1.82) is 0 Å². The van der Waals surface area contributed by atoms with E-state index in [0.717, 1.165) is 12.8 Å². The molecule has 3 fully saturated rings. The van der Waals surface area contributed by atoms with Gasteiger partial charge in [0.25, 0.3) is 0 Å². The van der Waals surface area contributed by atoms with E-state index in [-0.39, 0.29) is 41.0 Å². The summed E-state index contributed by atoms with van der Waals surface area (Å²) in [5, 5.41) is 15.4. The van der Waals surface area contributed by atoms with Crippen molar-refractivity contribution in [1.82, 2.24) is 10.2 Å². The fourth-order valence-electron chi connectivity index (χ4n) is 5.31. The average Bonchev–Trinajstić information content (AvgIpc) is 3.33. The number of thioether (sulfide) groups is 1. The summed E-state index contributed by atoms with van der Waals surface area (Å²) in [7, 11) is 0. The molecule has 0 radical (unpaired) electrons. The number of rotatable bonds is 8. The van der Waals surface area contributed by atoms with Crippen molar-refractivity contribution in [2.75, 3.05) is 25.0 Å². The number of carbonyl (C=O) groups is 3. The van der Waals surface area contributed by atoms with Crippen LogP contribution in [0.5, 0.6) is 0 Å². The lowest BCUT2D eigenvalue weighted by atomic mass is 9.70. The molecule has 3 amide bonds. The maximum absolute atomic E-state index is 13.5. The fraction of sp³-hybridized carbons (Fsp3) is 0.591. The van der Waals surface area contributed by atoms with Gasteiger partial charge in [-0.2, -0.15) is 0 Å². The van der Waals surface area contributed by atoms with Crippen LogP contribution in [0.1, 0.15) is 26.2 Å². The third kappa shape index (κ3) is 3.78. The summed E-state index contributed by atoms with van der Waals surface area (Å²) in [5.74, 6) is -1.69. The Hall–Kier alpha value is -1.58. The number of aliphatic hydroxyl groups is 1. The highest BCUT2D eigenvalue weighted by atomic mass is 79.9. The fourth-order valence-corrected chi connectivity index (χ4v) is 8.92. The number of nitrogens with one attached hydrogen (secondary N) is 2. The highest BCUT2D eigenvalue weighted by Crippen LogP contribution is 2.67. The monoisotopic (exact) mass is 509 g/mol. The standard InChI is InChI=1S/C22H28BrN3O4S/c1-2-3-9-24-20(29)18-22-12-14(23)17(31-22)15(16(22)21(30)26(18)10-11-27)19(28)25-13-7-5-4-6-8-13/h4-8,14-18,27H,2-3,9-12H2,1H3,(H,24,29)(H,25,28)/t14?,15-,16+,17-,18?,22?/m1/s1. The molecule has 6 atom stereocenters. The number of carbonyl (C=O) groups excluding carboxylic acids is 3. The number of nitrogens with zero attached hydrogens (tertiary/aromatic N) is 1. The number of unbranched alkanes of at least 4 members (excludes halogenated alkanes) is 1. The van der Waals surface area contributed by atoms with Gasteiger partial charge in [0.15, 0.2) is 0 Å². The van der Waals surface area contributed by atoms with Gasteiger partial charge in [-0.1, -0.05) is 47.5 Å². The molecule has 7 nitrogen and oxygen atoms in total. The van der Waals surface area contributed by atoms with Crippen molar-refractivity contribution in [3.63, 3.8) is 0 Å². The van der Waals surface area contributed by atoms with Crippen molar-refractivity contribution in [3.05, 3.63) is 30.3 Å². The topological polar surface area (TPSA) is 98.7 Å². The molecule has 9 heteroatoms. The Balaban J connectivity index is 1.65. The molecular weight excluding hydrogens is 482 g/mol. The lowest BCUT2D eigenvalue weighted by molar-refractivity contribution is -0.139. The average molecular weight is 510 g/mol. The number of fused-ring (bicyclic) bond motifs is 1. The molecule has 1 aromatic carbocycles. The molecule has 1 aromatic rings. The van der Waals surface area contributed by atoms with E-state index in [1.807, 2.05) is 30.3 Å². The van der Waals surface area contributed by atoms with Gasteiger partial charge in [-0.3, -0.25) is 14.4 Å². The number of likely N-dealkylation sites (tertiary alicyclic amines) is 1. The highest BCUT2D eigenvalue weighted by Gasteiger charge is 2.75. The van der Waals surface area contributed by atoms with Gasteiger partial charge < -0.3 is 20.6 Å². The number of halogens is 1. The minimum absolute atomic E-state index is 0.0353. The first-order valence-corrected chi connectivity index (χ1v) is 12.6. The van der Waals surface area contributed by atoms with Gasteiger partial charge in [0.1, 0.15) is 6.04 Å². The first-order valence-electron chi connectivity index (χ1n) is 10.8. The predicted octanol–water partition coefficient (Wildman–Crippen LogP) is 2.00. The van der Waals surface area contributed by atoms with Gasteiger partial charge >= 0.3 is 0 Å². The van der Waals surface area contributed by atoms with Crippen LogP contribution in [0.2, 0.25) is 0 Å². The molecule has 4 rings (SSSR count). The second-order valence-electron chi connectivity index (χ2n) is 8.42. The van der Waals surface area contributed by atoms with Gasteiger partial charge in [-0.05, 0) is 25.0 Å².